The Kier molecular flexibility index (Phi) is 6.29. The molecule has 0 radical (unpaired) electrons. The van der Waals surface area contributed by atoms with Gasteiger partial charge in [0.1, 0.15) is 5.76 Å². The van der Waals surface area contributed by atoms with E-state index in [0.717, 1.165) is 0 Å². The van der Waals surface area contributed by atoms with Crippen LogP contribution < -0.4 is 0 Å². The van der Waals surface area contributed by atoms with Gasteiger partial charge in [0.15, 0.2) is 0 Å². The molecule has 0 unspecified atom stereocenters. The van der Waals surface area contributed by atoms with Gasteiger partial charge in [-0.05, 0) is 24.6 Å². The first-order valence-electron chi connectivity index (χ1n) is 5.76. The molecule has 0 spiro atoms. The zero-order valence-corrected chi connectivity index (χ0v) is 10.8. The SMILES string of the molecule is CCOC(=O)C(N=Nc1ccccc1)=C(O)CN=[N+]=[N-]. The number of rotatable bonds is 6. The molecule has 104 valence electrons. The largest absolute Gasteiger partial charge is 0.510 e. The number of hydrogen-bond donors (Lipinski definition) is 1. The van der Waals surface area contributed by atoms with Gasteiger partial charge in [0.25, 0.3) is 0 Å². The molecule has 0 atom stereocenters. The molecule has 1 aromatic rings. The van der Waals surface area contributed by atoms with Crippen molar-refractivity contribution in [2.24, 2.45) is 15.3 Å². The van der Waals surface area contributed by atoms with Crippen LogP contribution in [0.3, 0.4) is 0 Å². The van der Waals surface area contributed by atoms with Crippen LogP contribution in [0.4, 0.5) is 5.69 Å². The van der Waals surface area contributed by atoms with E-state index >= 15 is 0 Å². The topological polar surface area (TPSA) is 120 Å². The predicted octanol–water partition coefficient (Wildman–Crippen LogP) is 3.41. The predicted molar refractivity (Wildman–Crippen MR) is 71.3 cm³/mol. The summed E-state index contributed by atoms with van der Waals surface area (Å²) in [5.74, 6) is -1.33. The summed E-state index contributed by atoms with van der Waals surface area (Å²) in [5, 5.41) is 20.3. The highest BCUT2D eigenvalue weighted by molar-refractivity contribution is 5.88. The van der Waals surface area contributed by atoms with Crippen LogP contribution in [-0.2, 0) is 9.53 Å². The number of ether oxygens (including phenoxy) is 1. The van der Waals surface area contributed by atoms with Gasteiger partial charge in [-0.3, -0.25) is 0 Å². The van der Waals surface area contributed by atoms with Gasteiger partial charge in [0.2, 0.25) is 5.70 Å². The molecule has 0 heterocycles. The summed E-state index contributed by atoms with van der Waals surface area (Å²) in [4.78, 5) is 14.1. The van der Waals surface area contributed by atoms with Crippen LogP contribution in [-0.4, -0.2) is 24.2 Å². The van der Waals surface area contributed by atoms with Crippen LogP contribution in [0.1, 0.15) is 6.92 Å². The Labute approximate surface area is 115 Å². The normalized spacial score (nSPS) is 11.7. The Balaban J connectivity index is 3.02. The molecule has 0 amide bonds. The molecule has 0 aliphatic rings. The van der Waals surface area contributed by atoms with Crippen LogP contribution in [0, 0.1) is 0 Å². The number of aliphatic hydroxyl groups is 1. The van der Waals surface area contributed by atoms with Crippen molar-refractivity contribution in [2.75, 3.05) is 13.2 Å². The first-order chi connectivity index (χ1) is 9.69. The molecular formula is C12H13N5O3. The number of hydrogen-bond acceptors (Lipinski definition) is 6. The lowest BCUT2D eigenvalue weighted by Crippen LogP contribution is -2.09. The maximum absolute atomic E-state index is 11.6. The highest BCUT2D eigenvalue weighted by Crippen LogP contribution is 2.15. The Hall–Kier alpha value is -2.86. The van der Waals surface area contributed by atoms with Gasteiger partial charge >= 0.3 is 5.97 Å². The zero-order valence-electron chi connectivity index (χ0n) is 10.8. The van der Waals surface area contributed by atoms with Crippen LogP contribution in [0.25, 0.3) is 10.4 Å². The van der Waals surface area contributed by atoms with Crippen molar-refractivity contribution in [3.05, 3.63) is 52.2 Å². The average molecular weight is 275 g/mol. The minimum absolute atomic E-state index is 0.123. The molecule has 0 bridgehead atoms. The highest BCUT2D eigenvalue weighted by Gasteiger charge is 2.16. The second-order valence-corrected chi connectivity index (χ2v) is 3.44. The second-order valence-electron chi connectivity index (χ2n) is 3.44. The monoisotopic (exact) mass is 275 g/mol. The molecule has 1 rings (SSSR count). The van der Waals surface area contributed by atoms with E-state index in [2.05, 4.69) is 20.3 Å². The summed E-state index contributed by atoms with van der Waals surface area (Å²) >= 11 is 0. The van der Waals surface area contributed by atoms with Gasteiger partial charge < -0.3 is 9.84 Å². The number of azo groups is 1. The lowest BCUT2D eigenvalue weighted by Gasteiger charge is -2.03. The van der Waals surface area contributed by atoms with Crippen LogP contribution in [0.5, 0.6) is 0 Å². The summed E-state index contributed by atoms with van der Waals surface area (Å²) in [6.07, 6.45) is 0. The lowest BCUT2D eigenvalue weighted by molar-refractivity contribution is -0.138. The van der Waals surface area contributed by atoms with Crippen LogP contribution >= 0.6 is 0 Å². The number of carbonyl (C=O) groups excluding carboxylic acids is 1. The second kappa shape index (κ2) is 8.28. The first kappa shape index (κ1) is 15.2. The molecule has 0 aliphatic carbocycles. The fourth-order valence-electron chi connectivity index (χ4n) is 1.19. The molecule has 0 aromatic heterocycles. The number of aliphatic hydroxyl groups excluding tert-OH is 1. The van der Waals surface area contributed by atoms with Gasteiger partial charge in [-0.25, -0.2) is 4.79 Å². The molecule has 0 saturated carbocycles. The fourth-order valence-corrected chi connectivity index (χ4v) is 1.19. The zero-order chi connectivity index (χ0) is 14.8. The Bertz CT molecular complexity index is 562. The third kappa shape index (κ3) is 4.79. The third-order valence-electron chi connectivity index (χ3n) is 2.05. The van der Waals surface area contributed by atoms with E-state index in [4.69, 9.17) is 10.3 Å². The van der Waals surface area contributed by atoms with Crippen LogP contribution in [0.15, 0.2) is 57.1 Å². The molecular weight excluding hydrogens is 262 g/mol. The summed E-state index contributed by atoms with van der Waals surface area (Å²) in [6.45, 7) is 1.34. The van der Waals surface area contributed by atoms with Gasteiger partial charge in [-0.1, -0.05) is 23.3 Å². The molecule has 20 heavy (non-hydrogen) atoms. The number of carbonyl (C=O) groups is 1. The Morgan fingerprint density at radius 3 is 2.70 bits per heavy atom. The standard InChI is InChI=1S/C12H13N5O3/c1-2-20-12(19)11(10(18)8-14-17-13)16-15-9-6-4-3-5-7-9/h3-7,18H,2,8H2,1H3. The minimum Gasteiger partial charge on any atom is -0.510 e. The van der Waals surface area contributed by atoms with E-state index in [9.17, 15) is 9.90 Å². The Morgan fingerprint density at radius 2 is 2.10 bits per heavy atom. The molecule has 0 saturated heterocycles. The number of benzene rings is 1. The first-order valence-corrected chi connectivity index (χ1v) is 5.76. The lowest BCUT2D eigenvalue weighted by atomic mass is 10.3. The minimum atomic E-state index is -0.835. The van der Waals surface area contributed by atoms with Crippen molar-refractivity contribution in [2.45, 2.75) is 6.92 Å². The van der Waals surface area contributed by atoms with E-state index in [0.29, 0.717) is 5.69 Å². The van der Waals surface area contributed by atoms with E-state index in [1.807, 2.05) is 0 Å². The van der Waals surface area contributed by atoms with E-state index in [1.165, 1.54) is 0 Å². The third-order valence-corrected chi connectivity index (χ3v) is 2.05. The number of nitrogens with zero attached hydrogens (tertiary/aromatic N) is 5. The molecule has 0 aliphatic heterocycles. The molecule has 0 fully saturated rings. The van der Waals surface area contributed by atoms with Gasteiger partial charge in [0, 0.05) is 4.91 Å². The van der Waals surface area contributed by atoms with E-state index < -0.39 is 18.3 Å². The number of esters is 1. The van der Waals surface area contributed by atoms with Gasteiger partial charge in [0.05, 0.1) is 18.8 Å². The molecule has 8 heteroatoms. The Morgan fingerprint density at radius 1 is 1.40 bits per heavy atom. The maximum atomic E-state index is 11.6. The number of azide groups is 1. The van der Waals surface area contributed by atoms with Crippen LogP contribution in [0.2, 0.25) is 0 Å². The van der Waals surface area contributed by atoms with E-state index in [1.54, 1.807) is 37.3 Å². The molecule has 8 nitrogen and oxygen atoms in total. The summed E-state index contributed by atoms with van der Waals surface area (Å²) in [6, 6.07) is 8.66. The molecule has 1 aromatic carbocycles. The summed E-state index contributed by atoms with van der Waals surface area (Å²) in [5.41, 5.74) is 8.32. The van der Waals surface area contributed by atoms with Crippen molar-refractivity contribution < 1.29 is 14.6 Å². The maximum Gasteiger partial charge on any atom is 0.362 e. The smallest absolute Gasteiger partial charge is 0.362 e. The van der Waals surface area contributed by atoms with Crippen molar-refractivity contribution in [3.63, 3.8) is 0 Å². The van der Waals surface area contributed by atoms with Crippen molar-refractivity contribution in [3.8, 4) is 0 Å². The van der Waals surface area contributed by atoms with Crippen molar-refractivity contribution in [1.82, 2.24) is 0 Å². The van der Waals surface area contributed by atoms with Gasteiger partial charge in [-0.15, -0.1) is 5.11 Å². The summed E-state index contributed by atoms with van der Waals surface area (Å²) in [7, 11) is 0. The summed E-state index contributed by atoms with van der Waals surface area (Å²) < 4.78 is 4.75. The van der Waals surface area contributed by atoms with Crippen molar-refractivity contribution >= 4 is 11.7 Å². The molecule has 1 N–H and O–H groups in total. The van der Waals surface area contributed by atoms with E-state index in [-0.39, 0.29) is 12.3 Å². The average Bonchev–Trinajstić information content (AvgIpc) is 2.46. The highest BCUT2D eigenvalue weighted by atomic mass is 16.5. The van der Waals surface area contributed by atoms with Crippen molar-refractivity contribution in [1.29, 1.82) is 0 Å². The van der Waals surface area contributed by atoms with Gasteiger partial charge in [-0.2, -0.15) is 5.11 Å². The quantitative estimate of drug-likeness (QED) is 0.214. The fraction of sp³-hybridized carbons (Fsp3) is 0.250.